The summed E-state index contributed by atoms with van der Waals surface area (Å²) in [5.41, 5.74) is 0.385. The molecular weight excluding hydrogens is 262 g/mol. The highest BCUT2D eigenvalue weighted by Crippen LogP contribution is 2.29. The molecule has 106 valence electrons. The Kier molecular flexibility index (Phi) is 4.31. The number of aliphatic hydroxyl groups is 1. The lowest BCUT2D eigenvalue weighted by molar-refractivity contribution is 0.0350. The summed E-state index contributed by atoms with van der Waals surface area (Å²) >= 11 is 6.20. The van der Waals surface area contributed by atoms with Crippen molar-refractivity contribution in [2.75, 3.05) is 18.0 Å². The molecule has 0 aliphatic carbocycles. The van der Waals surface area contributed by atoms with Crippen LogP contribution in [0.2, 0.25) is 5.15 Å². The van der Waals surface area contributed by atoms with Gasteiger partial charge < -0.3 is 10.0 Å². The van der Waals surface area contributed by atoms with Gasteiger partial charge in [0.15, 0.2) is 0 Å². The van der Waals surface area contributed by atoms with Gasteiger partial charge in [0.05, 0.1) is 5.60 Å². The molecule has 0 aromatic carbocycles. The fourth-order valence-electron chi connectivity index (χ4n) is 2.36. The molecule has 2 rings (SSSR count). The maximum absolute atomic E-state index is 10.0. The third-order valence-corrected chi connectivity index (χ3v) is 4.09. The Morgan fingerprint density at radius 1 is 1.32 bits per heavy atom. The van der Waals surface area contributed by atoms with E-state index < -0.39 is 5.60 Å². The van der Waals surface area contributed by atoms with E-state index in [1.165, 1.54) is 0 Å². The molecule has 1 aromatic rings. The highest BCUT2D eigenvalue weighted by Gasteiger charge is 2.29. The maximum atomic E-state index is 10.0. The number of nitrogens with zero attached hydrogens (tertiary/aromatic N) is 3. The van der Waals surface area contributed by atoms with E-state index in [-0.39, 0.29) is 0 Å². The molecule has 1 N–H and O–H groups in total. The van der Waals surface area contributed by atoms with Crippen LogP contribution in [0.25, 0.3) is 0 Å². The van der Waals surface area contributed by atoms with E-state index in [4.69, 9.17) is 11.6 Å². The van der Waals surface area contributed by atoms with Crippen LogP contribution in [0, 0.1) is 6.92 Å². The molecule has 0 saturated carbocycles. The molecular formula is C14H22ClN3O. The molecule has 1 aliphatic heterocycles. The molecule has 0 unspecified atom stereocenters. The molecule has 1 saturated heterocycles. The van der Waals surface area contributed by atoms with Crippen LogP contribution in [0.1, 0.15) is 44.5 Å². The summed E-state index contributed by atoms with van der Waals surface area (Å²) in [6.45, 7) is 7.58. The lowest BCUT2D eigenvalue weighted by Gasteiger charge is -2.37. The predicted octanol–water partition coefficient (Wildman–Crippen LogP) is 2.74. The van der Waals surface area contributed by atoms with Gasteiger partial charge in [-0.05, 0) is 33.1 Å². The topological polar surface area (TPSA) is 49.2 Å². The summed E-state index contributed by atoms with van der Waals surface area (Å²) in [6, 6.07) is 0. The smallest absolute Gasteiger partial charge is 0.137 e. The molecule has 1 aliphatic rings. The second-order valence-corrected chi connectivity index (χ2v) is 5.97. The van der Waals surface area contributed by atoms with E-state index in [1.807, 2.05) is 13.8 Å². The molecule has 0 bridgehead atoms. The van der Waals surface area contributed by atoms with Gasteiger partial charge in [0, 0.05) is 25.1 Å². The monoisotopic (exact) mass is 283 g/mol. The Morgan fingerprint density at radius 3 is 2.53 bits per heavy atom. The summed E-state index contributed by atoms with van der Waals surface area (Å²) in [7, 11) is 0. The van der Waals surface area contributed by atoms with Crippen molar-refractivity contribution in [2.45, 2.75) is 52.1 Å². The lowest BCUT2D eigenvalue weighted by atomic mass is 9.94. The van der Waals surface area contributed by atoms with E-state index in [9.17, 15) is 5.11 Å². The van der Waals surface area contributed by atoms with Gasteiger partial charge in [0.25, 0.3) is 0 Å². The van der Waals surface area contributed by atoms with Gasteiger partial charge in [0.2, 0.25) is 0 Å². The number of anilines is 1. The maximum Gasteiger partial charge on any atom is 0.137 e. The zero-order valence-electron chi connectivity index (χ0n) is 11.9. The number of piperidine rings is 1. The molecule has 5 heteroatoms. The minimum absolute atomic E-state index is 0.547. The standard InChI is InChI=1S/C14H22ClN3O/c1-4-5-11-16-12(15)10(2)13(17-11)18-8-6-14(3,19)7-9-18/h19H,4-9H2,1-3H3. The Morgan fingerprint density at radius 2 is 1.95 bits per heavy atom. The molecule has 0 amide bonds. The van der Waals surface area contributed by atoms with Crippen molar-refractivity contribution in [3.63, 3.8) is 0 Å². The van der Waals surface area contributed by atoms with Crippen LogP contribution in [0.5, 0.6) is 0 Å². The second-order valence-electron chi connectivity index (χ2n) is 5.61. The lowest BCUT2D eigenvalue weighted by Crippen LogP contribution is -2.43. The Labute approximate surface area is 119 Å². The average Bonchev–Trinajstić information content (AvgIpc) is 2.34. The van der Waals surface area contributed by atoms with Gasteiger partial charge in [-0.25, -0.2) is 9.97 Å². The van der Waals surface area contributed by atoms with Gasteiger partial charge in [0.1, 0.15) is 16.8 Å². The molecule has 4 nitrogen and oxygen atoms in total. The van der Waals surface area contributed by atoms with E-state index in [1.54, 1.807) is 0 Å². The minimum atomic E-state index is -0.548. The largest absolute Gasteiger partial charge is 0.390 e. The first-order chi connectivity index (χ1) is 8.93. The fraction of sp³-hybridized carbons (Fsp3) is 0.714. The van der Waals surface area contributed by atoms with Crippen molar-refractivity contribution in [3.8, 4) is 0 Å². The van der Waals surface area contributed by atoms with Crippen LogP contribution in [0.4, 0.5) is 5.82 Å². The van der Waals surface area contributed by atoms with Crippen LogP contribution in [0.3, 0.4) is 0 Å². The summed E-state index contributed by atoms with van der Waals surface area (Å²) in [5.74, 6) is 1.74. The first-order valence-corrected chi connectivity index (χ1v) is 7.31. The quantitative estimate of drug-likeness (QED) is 0.867. The number of hydrogen-bond acceptors (Lipinski definition) is 4. The molecule has 0 atom stereocenters. The average molecular weight is 284 g/mol. The van der Waals surface area contributed by atoms with Gasteiger partial charge in [-0.2, -0.15) is 0 Å². The number of halogens is 1. The number of aryl methyl sites for hydroxylation is 1. The normalized spacial score (nSPS) is 18.7. The minimum Gasteiger partial charge on any atom is -0.390 e. The molecule has 19 heavy (non-hydrogen) atoms. The first-order valence-electron chi connectivity index (χ1n) is 6.93. The second kappa shape index (κ2) is 5.63. The van der Waals surface area contributed by atoms with Gasteiger partial charge >= 0.3 is 0 Å². The van der Waals surface area contributed by atoms with E-state index in [0.717, 1.165) is 56.0 Å². The predicted molar refractivity (Wildman–Crippen MR) is 77.8 cm³/mol. The zero-order chi connectivity index (χ0) is 14.0. The van der Waals surface area contributed by atoms with Gasteiger partial charge in [-0.3, -0.25) is 0 Å². The van der Waals surface area contributed by atoms with Crippen LogP contribution in [-0.4, -0.2) is 33.8 Å². The molecule has 1 fully saturated rings. The zero-order valence-corrected chi connectivity index (χ0v) is 12.7. The van der Waals surface area contributed by atoms with Crippen LogP contribution >= 0.6 is 11.6 Å². The van der Waals surface area contributed by atoms with Crippen molar-refractivity contribution in [1.82, 2.24) is 9.97 Å². The van der Waals surface area contributed by atoms with Crippen molar-refractivity contribution in [2.24, 2.45) is 0 Å². The summed E-state index contributed by atoms with van der Waals surface area (Å²) < 4.78 is 0. The SMILES string of the molecule is CCCc1nc(Cl)c(C)c(N2CCC(C)(O)CC2)n1. The Bertz CT molecular complexity index is 452. The highest BCUT2D eigenvalue weighted by molar-refractivity contribution is 6.30. The van der Waals surface area contributed by atoms with Crippen LogP contribution in [-0.2, 0) is 6.42 Å². The number of aromatic nitrogens is 2. The van der Waals surface area contributed by atoms with Crippen molar-refractivity contribution >= 4 is 17.4 Å². The number of rotatable bonds is 3. The number of hydrogen-bond donors (Lipinski definition) is 1. The highest BCUT2D eigenvalue weighted by atomic mass is 35.5. The van der Waals surface area contributed by atoms with Crippen molar-refractivity contribution < 1.29 is 5.11 Å². The fourth-order valence-corrected chi connectivity index (χ4v) is 2.55. The molecule has 0 spiro atoms. The molecule has 1 aromatic heterocycles. The van der Waals surface area contributed by atoms with Crippen molar-refractivity contribution in [3.05, 3.63) is 16.5 Å². The summed E-state index contributed by atoms with van der Waals surface area (Å²) in [4.78, 5) is 11.2. The van der Waals surface area contributed by atoms with E-state index in [0.29, 0.717) is 5.15 Å². The Hall–Kier alpha value is -0.870. The van der Waals surface area contributed by atoms with E-state index in [2.05, 4.69) is 21.8 Å². The summed E-state index contributed by atoms with van der Waals surface area (Å²) in [6.07, 6.45) is 3.38. The molecule has 0 radical (unpaired) electrons. The Balaban J connectivity index is 2.24. The van der Waals surface area contributed by atoms with Gasteiger partial charge in [-0.15, -0.1) is 0 Å². The molecule has 2 heterocycles. The third kappa shape index (κ3) is 3.37. The van der Waals surface area contributed by atoms with Crippen LogP contribution in [0.15, 0.2) is 0 Å². The third-order valence-electron chi connectivity index (χ3n) is 3.72. The van der Waals surface area contributed by atoms with Crippen LogP contribution < -0.4 is 4.90 Å². The van der Waals surface area contributed by atoms with E-state index >= 15 is 0 Å². The van der Waals surface area contributed by atoms with Crippen molar-refractivity contribution in [1.29, 1.82) is 0 Å². The first kappa shape index (κ1) is 14.5. The summed E-state index contributed by atoms with van der Waals surface area (Å²) in [5, 5.41) is 10.6. The van der Waals surface area contributed by atoms with Gasteiger partial charge in [-0.1, -0.05) is 18.5 Å².